The van der Waals surface area contributed by atoms with E-state index in [1.807, 2.05) is 30.3 Å². The molecule has 0 spiro atoms. The van der Waals surface area contributed by atoms with Crippen molar-refractivity contribution in [1.82, 2.24) is 4.31 Å². The van der Waals surface area contributed by atoms with Crippen molar-refractivity contribution in [3.8, 4) is 0 Å². The molecule has 3 rings (SSSR count). The van der Waals surface area contributed by atoms with Gasteiger partial charge in [0.25, 0.3) is 0 Å². The van der Waals surface area contributed by atoms with Crippen LogP contribution in [0.3, 0.4) is 0 Å². The third kappa shape index (κ3) is 5.06. The topological polar surface area (TPSA) is 61.4 Å². The van der Waals surface area contributed by atoms with E-state index >= 15 is 0 Å². The van der Waals surface area contributed by atoms with Crippen molar-refractivity contribution in [2.75, 3.05) is 17.7 Å². The first-order valence-corrected chi connectivity index (χ1v) is 11.0. The highest BCUT2D eigenvalue weighted by atomic mass is 32.2. The second-order valence-electron chi connectivity index (χ2n) is 6.78. The lowest BCUT2D eigenvalue weighted by atomic mass is 9.96. The first-order valence-electron chi connectivity index (χ1n) is 9.18. The number of para-hydroxylation sites is 1. The third-order valence-corrected chi connectivity index (χ3v) is 7.04. The van der Waals surface area contributed by atoms with Gasteiger partial charge in [0, 0.05) is 24.5 Å². The van der Waals surface area contributed by atoms with Gasteiger partial charge in [-0.1, -0.05) is 37.5 Å². The van der Waals surface area contributed by atoms with Crippen molar-refractivity contribution in [2.45, 2.75) is 43.0 Å². The van der Waals surface area contributed by atoms with Crippen LogP contribution in [-0.4, -0.2) is 30.9 Å². The Morgan fingerprint density at radius 1 is 0.926 bits per heavy atom. The van der Waals surface area contributed by atoms with Crippen LogP contribution in [0.1, 0.15) is 32.1 Å². The van der Waals surface area contributed by atoms with Crippen molar-refractivity contribution in [2.24, 2.45) is 0 Å². The summed E-state index contributed by atoms with van der Waals surface area (Å²) in [5.41, 5.74) is 1.63. The van der Waals surface area contributed by atoms with Crippen LogP contribution in [0.25, 0.3) is 0 Å². The lowest BCUT2D eigenvalue weighted by Crippen LogP contribution is -2.38. The fourth-order valence-electron chi connectivity index (χ4n) is 3.33. The van der Waals surface area contributed by atoms with Gasteiger partial charge in [-0.3, -0.25) is 0 Å². The zero-order chi connectivity index (χ0) is 19.3. The Balaban J connectivity index is 1.64. The molecule has 0 radical (unpaired) electrons. The molecular weight excluding hydrogens is 378 g/mol. The molecule has 2 aromatic carbocycles. The molecule has 144 valence electrons. The summed E-state index contributed by atoms with van der Waals surface area (Å²) in [6.07, 6.45) is 5.27. The van der Waals surface area contributed by atoms with Crippen LogP contribution in [0.2, 0.25) is 0 Å². The number of anilines is 2. The van der Waals surface area contributed by atoms with E-state index in [1.54, 1.807) is 31.3 Å². The van der Waals surface area contributed by atoms with Gasteiger partial charge >= 0.3 is 0 Å². The standard InChI is InChI=1S/C20H25N3O2S2/c1-23(18-10-6-3-7-11-18)27(24,25)19-14-12-17(13-15-19)22-20(26)21-16-8-4-2-5-9-16/h2,4-5,8-9,12-15,18H,3,6-7,10-11H2,1H3,(H2,21,22,26). The predicted octanol–water partition coefficient (Wildman–Crippen LogP) is 4.45. The van der Waals surface area contributed by atoms with Crippen LogP contribution >= 0.6 is 12.2 Å². The quantitative estimate of drug-likeness (QED) is 0.722. The Kier molecular flexibility index (Phi) is 6.46. The number of rotatable bonds is 5. The van der Waals surface area contributed by atoms with Gasteiger partial charge in [0.15, 0.2) is 5.11 Å². The molecule has 2 aromatic rings. The Morgan fingerprint density at radius 3 is 2.07 bits per heavy atom. The smallest absolute Gasteiger partial charge is 0.243 e. The summed E-state index contributed by atoms with van der Waals surface area (Å²) in [7, 11) is -1.78. The molecule has 5 nitrogen and oxygen atoms in total. The van der Waals surface area contributed by atoms with Crippen molar-refractivity contribution < 1.29 is 8.42 Å². The number of sulfonamides is 1. The molecule has 1 saturated carbocycles. The van der Waals surface area contributed by atoms with Gasteiger partial charge < -0.3 is 10.6 Å². The molecule has 0 amide bonds. The Bertz CT molecular complexity index is 862. The third-order valence-electron chi connectivity index (χ3n) is 4.91. The predicted molar refractivity (Wildman–Crippen MR) is 115 cm³/mol. The van der Waals surface area contributed by atoms with Crippen molar-refractivity contribution in [3.63, 3.8) is 0 Å². The fourth-order valence-corrected chi connectivity index (χ4v) is 4.98. The van der Waals surface area contributed by atoms with E-state index in [2.05, 4.69) is 10.6 Å². The molecule has 1 fully saturated rings. The normalized spacial score (nSPS) is 15.5. The molecule has 0 aromatic heterocycles. The molecule has 7 heteroatoms. The average Bonchev–Trinajstić information content (AvgIpc) is 2.69. The van der Waals surface area contributed by atoms with Gasteiger partial charge in [-0.05, 0) is 61.5 Å². The van der Waals surface area contributed by atoms with Crippen LogP contribution in [0.5, 0.6) is 0 Å². The van der Waals surface area contributed by atoms with E-state index < -0.39 is 10.0 Å². The second-order valence-corrected chi connectivity index (χ2v) is 9.19. The summed E-state index contributed by atoms with van der Waals surface area (Å²) in [6.45, 7) is 0. The number of thiocarbonyl (C=S) groups is 1. The highest BCUT2D eigenvalue weighted by molar-refractivity contribution is 7.89. The van der Waals surface area contributed by atoms with Crippen molar-refractivity contribution in [1.29, 1.82) is 0 Å². The molecule has 0 atom stereocenters. The Morgan fingerprint density at radius 2 is 1.48 bits per heavy atom. The van der Waals surface area contributed by atoms with Crippen LogP contribution in [-0.2, 0) is 10.0 Å². The largest absolute Gasteiger partial charge is 0.332 e. The van der Waals surface area contributed by atoms with Crippen molar-refractivity contribution >= 4 is 38.7 Å². The number of nitrogens with zero attached hydrogens (tertiary/aromatic N) is 1. The molecule has 0 aliphatic heterocycles. The molecule has 1 aliphatic rings. The Hall–Kier alpha value is -1.96. The van der Waals surface area contributed by atoms with Gasteiger partial charge in [0.1, 0.15) is 0 Å². The van der Waals surface area contributed by atoms with Crippen LogP contribution in [0.15, 0.2) is 59.5 Å². The molecule has 2 N–H and O–H groups in total. The first kappa shape index (κ1) is 19.8. The van der Waals surface area contributed by atoms with E-state index in [-0.39, 0.29) is 6.04 Å². The monoisotopic (exact) mass is 403 g/mol. The van der Waals surface area contributed by atoms with E-state index in [0.29, 0.717) is 10.0 Å². The highest BCUT2D eigenvalue weighted by Crippen LogP contribution is 2.27. The van der Waals surface area contributed by atoms with Crippen molar-refractivity contribution in [3.05, 3.63) is 54.6 Å². The molecular formula is C20H25N3O2S2. The zero-order valence-corrected chi connectivity index (χ0v) is 17.0. The van der Waals surface area contributed by atoms with Gasteiger partial charge in [-0.25, -0.2) is 8.42 Å². The minimum absolute atomic E-state index is 0.101. The number of hydrogen-bond acceptors (Lipinski definition) is 3. The van der Waals surface area contributed by atoms with E-state index in [1.165, 1.54) is 10.7 Å². The van der Waals surface area contributed by atoms with Crippen LogP contribution in [0, 0.1) is 0 Å². The molecule has 27 heavy (non-hydrogen) atoms. The van der Waals surface area contributed by atoms with Gasteiger partial charge in [0.2, 0.25) is 10.0 Å². The molecule has 0 unspecified atom stereocenters. The van der Waals surface area contributed by atoms with Crippen LogP contribution < -0.4 is 10.6 Å². The van der Waals surface area contributed by atoms with Crippen LogP contribution in [0.4, 0.5) is 11.4 Å². The maximum absolute atomic E-state index is 12.9. The minimum atomic E-state index is -3.48. The second kappa shape index (κ2) is 8.82. The number of hydrogen-bond donors (Lipinski definition) is 2. The van der Waals surface area contributed by atoms with Gasteiger partial charge in [-0.15, -0.1) is 0 Å². The Labute approximate surface area is 166 Å². The summed E-state index contributed by atoms with van der Waals surface area (Å²) in [5.74, 6) is 0. The van der Waals surface area contributed by atoms with E-state index in [0.717, 1.165) is 37.1 Å². The van der Waals surface area contributed by atoms with E-state index in [9.17, 15) is 8.42 Å². The summed E-state index contributed by atoms with van der Waals surface area (Å²) in [4.78, 5) is 0.308. The molecule has 0 saturated heterocycles. The maximum atomic E-state index is 12.9. The molecule has 0 bridgehead atoms. The first-order chi connectivity index (χ1) is 13.0. The molecule has 1 aliphatic carbocycles. The summed E-state index contributed by atoms with van der Waals surface area (Å²) >= 11 is 5.30. The number of benzene rings is 2. The minimum Gasteiger partial charge on any atom is -0.332 e. The lowest BCUT2D eigenvalue weighted by molar-refractivity contribution is 0.286. The summed E-state index contributed by atoms with van der Waals surface area (Å²) < 4.78 is 27.3. The molecule has 0 heterocycles. The summed E-state index contributed by atoms with van der Waals surface area (Å²) in [6, 6.07) is 16.5. The highest BCUT2D eigenvalue weighted by Gasteiger charge is 2.28. The van der Waals surface area contributed by atoms with Gasteiger partial charge in [-0.2, -0.15) is 4.31 Å². The number of nitrogens with one attached hydrogen (secondary N) is 2. The average molecular weight is 404 g/mol. The fraction of sp³-hybridized carbons (Fsp3) is 0.350. The zero-order valence-electron chi connectivity index (χ0n) is 15.4. The van der Waals surface area contributed by atoms with E-state index in [4.69, 9.17) is 12.2 Å². The maximum Gasteiger partial charge on any atom is 0.243 e. The summed E-state index contributed by atoms with van der Waals surface area (Å²) in [5, 5.41) is 6.62. The SMILES string of the molecule is CN(C1CCCCC1)S(=O)(=O)c1ccc(NC(=S)Nc2ccccc2)cc1. The lowest BCUT2D eigenvalue weighted by Gasteiger charge is -2.30. The van der Waals surface area contributed by atoms with Gasteiger partial charge in [0.05, 0.1) is 4.90 Å².